The van der Waals surface area contributed by atoms with Gasteiger partial charge in [0, 0.05) is 42.1 Å². The molecule has 16 nitrogen and oxygen atoms in total. The fourth-order valence-electron chi connectivity index (χ4n) is 9.52. The van der Waals surface area contributed by atoms with E-state index in [-0.39, 0.29) is 31.4 Å². The standard InChI is InChI=1S/C47H57N7O9S/c1-3-53(4-2)31-22-20-29(21-23-31)41-49-39-35-17-12-13-19-38(35)63-40(39)43(50-41)61-33-26-37-42(55)51-47(45(57)52-64(59,60)34-24-25-34)27-30(47)14-8-6-5-7-9-18-36(44(56)54(37)28-33)48-46(58)62-32-15-10-11-16-32/h8,12-14,17,19-23,30,32-34,36-37H,3-7,9-11,15-16,18,24-28H2,1-2H3,(H,48,58)(H,51,55)(H,52,57)/t30-,33-,36+,37+,47-/m1/s1. The number of sulfonamides is 1. The quantitative estimate of drug-likeness (QED) is 0.143. The summed E-state index contributed by atoms with van der Waals surface area (Å²) < 4.78 is 47.0. The third-order valence-corrected chi connectivity index (χ3v) is 15.3. The first kappa shape index (κ1) is 43.5. The number of furan rings is 1. The van der Waals surface area contributed by atoms with Gasteiger partial charge in [-0.25, -0.2) is 18.2 Å². The van der Waals surface area contributed by atoms with Crippen LogP contribution in [0.2, 0.25) is 0 Å². The Hall–Kier alpha value is -5.71. The predicted octanol–water partition coefficient (Wildman–Crippen LogP) is 6.28. The van der Waals surface area contributed by atoms with Crippen molar-refractivity contribution in [3.8, 4) is 17.3 Å². The van der Waals surface area contributed by atoms with E-state index < -0.39 is 68.7 Å². The molecule has 3 saturated carbocycles. The molecule has 2 aromatic carbocycles. The van der Waals surface area contributed by atoms with Crippen molar-refractivity contribution in [2.24, 2.45) is 5.92 Å². The van der Waals surface area contributed by atoms with Crippen LogP contribution in [-0.2, 0) is 29.1 Å². The van der Waals surface area contributed by atoms with E-state index in [1.165, 1.54) is 4.90 Å². The van der Waals surface area contributed by atoms with E-state index in [0.717, 1.165) is 68.3 Å². The van der Waals surface area contributed by atoms with Crippen LogP contribution in [0.1, 0.15) is 97.3 Å². The summed E-state index contributed by atoms with van der Waals surface area (Å²) >= 11 is 0. The van der Waals surface area contributed by atoms with Crippen LogP contribution in [0.15, 0.2) is 65.1 Å². The molecule has 0 unspecified atom stereocenters. The van der Waals surface area contributed by atoms with Crippen molar-refractivity contribution in [2.45, 2.75) is 132 Å². The zero-order valence-electron chi connectivity index (χ0n) is 36.4. The monoisotopic (exact) mass is 895 g/mol. The maximum atomic E-state index is 14.8. The second kappa shape index (κ2) is 18.0. The molecule has 340 valence electrons. The minimum atomic E-state index is -3.92. The van der Waals surface area contributed by atoms with Gasteiger partial charge in [-0.15, -0.1) is 0 Å². The Labute approximate surface area is 372 Å². The molecule has 3 N–H and O–H groups in total. The van der Waals surface area contributed by atoms with Crippen molar-refractivity contribution in [3.63, 3.8) is 0 Å². The molecule has 0 bridgehead atoms. The molecule has 4 fully saturated rings. The molecular formula is C47H57N7O9S. The van der Waals surface area contributed by atoms with E-state index in [1.54, 1.807) is 0 Å². The summed E-state index contributed by atoms with van der Waals surface area (Å²) in [5, 5.41) is 5.88. The van der Waals surface area contributed by atoms with Gasteiger partial charge in [0.15, 0.2) is 5.82 Å². The van der Waals surface area contributed by atoms with E-state index in [9.17, 15) is 27.6 Å². The number of nitrogens with one attached hydrogen (secondary N) is 3. The average Bonchev–Trinajstić information content (AvgIpc) is 4.10. The second-order valence-corrected chi connectivity index (χ2v) is 19.8. The van der Waals surface area contributed by atoms with Crippen LogP contribution in [-0.4, -0.2) is 102 Å². The Morgan fingerprint density at radius 3 is 2.44 bits per heavy atom. The summed E-state index contributed by atoms with van der Waals surface area (Å²) in [4.78, 5) is 70.3. The highest BCUT2D eigenvalue weighted by molar-refractivity contribution is 7.91. The van der Waals surface area contributed by atoms with Crippen LogP contribution in [0.5, 0.6) is 5.88 Å². The average molecular weight is 896 g/mol. The van der Waals surface area contributed by atoms with E-state index in [2.05, 4.69) is 34.1 Å². The van der Waals surface area contributed by atoms with Gasteiger partial charge >= 0.3 is 6.09 Å². The van der Waals surface area contributed by atoms with Crippen molar-refractivity contribution in [1.29, 1.82) is 0 Å². The summed E-state index contributed by atoms with van der Waals surface area (Å²) in [6, 6.07) is 13.3. The molecule has 0 spiro atoms. The number of carbonyl (C=O) groups is 4. The molecule has 0 radical (unpaired) electrons. The molecule has 4 amide bonds. The number of rotatable bonds is 11. The molecule has 4 aromatic rings. The first-order chi connectivity index (χ1) is 31.0. The van der Waals surface area contributed by atoms with Crippen LogP contribution < -0.4 is 25.0 Å². The predicted molar refractivity (Wildman–Crippen MR) is 240 cm³/mol. The van der Waals surface area contributed by atoms with Gasteiger partial charge in [-0.05, 0) is 114 Å². The molecule has 3 aliphatic carbocycles. The number of hydrogen-bond donors (Lipinski definition) is 3. The highest BCUT2D eigenvalue weighted by atomic mass is 32.2. The third-order valence-electron chi connectivity index (χ3n) is 13.4. The van der Waals surface area contributed by atoms with Gasteiger partial charge in [-0.1, -0.05) is 37.1 Å². The molecule has 2 aliphatic heterocycles. The molecule has 4 heterocycles. The SMILES string of the molecule is CCN(CC)c1ccc(-c2nc(O[C@@H]3C[C@H]4C(=O)N[C@]5(C(=O)NS(=O)(=O)C6CC6)C[C@H]5C=CCCCCC[C@H](NC(=O)OC5CCCC5)C(=O)N4C3)c3oc4ccccc4c3n2)cc1. The fourth-order valence-corrected chi connectivity index (χ4v) is 10.9. The number of amides is 4. The number of aromatic nitrogens is 2. The van der Waals surface area contributed by atoms with Gasteiger partial charge in [0.25, 0.3) is 11.8 Å². The van der Waals surface area contributed by atoms with Gasteiger partial charge < -0.3 is 34.3 Å². The van der Waals surface area contributed by atoms with Gasteiger partial charge in [0.05, 0.1) is 11.8 Å². The third kappa shape index (κ3) is 9.00. The van der Waals surface area contributed by atoms with E-state index in [4.69, 9.17) is 23.9 Å². The van der Waals surface area contributed by atoms with Crippen molar-refractivity contribution in [3.05, 3.63) is 60.7 Å². The zero-order chi connectivity index (χ0) is 44.6. The van der Waals surface area contributed by atoms with Crippen molar-refractivity contribution in [2.75, 3.05) is 24.5 Å². The molecule has 64 heavy (non-hydrogen) atoms. The summed E-state index contributed by atoms with van der Waals surface area (Å²) in [6.45, 7) is 5.85. The lowest BCUT2D eigenvalue weighted by Crippen LogP contribution is -2.58. The zero-order valence-corrected chi connectivity index (χ0v) is 37.2. The smallest absolute Gasteiger partial charge is 0.408 e. The number of hydrogen-bond acceptors (Lipinski definition) is 12. The number of alkyl carbamates (subject to hydrolysis) is 1. The maximum absolute atomic E-state index is 14.8. The Morgan fingerprint density at radius 1 is 0.938 bits per heavy atom. The van der Waals surface area contributed by atoms with E-state index in [0.29, 0.717) is 54.6 Å². The summed E-state index contributed by atoms with van der Waals surface area (Å²) in [5.41, 5.74) is 1.71. The number of ether oxygens (including phenoxy) is 2. The normalized spacial score (nSPS) is 25.5. The Morgan fingerprint density at radius 2 is 1.69 bits per heavy atom. The molecule has 5 aliphatic rings. The topological polar surface area (TPSA) is 202 Å². The molecular weight excluding hydrogens is 839 g/mol. The van der Waals surface area contributed by atoms with Crippen LogP contribution in [0.3, 0.4) is 0 Å². The number of benzene rings is 2. The molecule has 9 rings (SSSR count). The summed E-state index contributed by atoms with van der Waals surface area (Å²) in [7, 11) is -3.92. The van der Waals surface area contributed by atoms with Gasteiger partial charge in [-0.2, -0.15) is 4.98 Å². The first-order valence-corrected chi connectivity index (χ1v) is 24.5. The van der Waals surface area contributed by atoms with Crippen molar-refractivity contribution >= 4 is 61.6 Å². The van der Waals surface area contributed by atoms with Gasteiger partial charge in [0.1, 0.15) is 40.9 Å². The molecule has 2 aromatic heterocycles. The van der Waals surface area contributed by atoms with Crippen LogP contribution in [0, 0.1) is 5.92 Å². The highest BCUT2D eigenvalue weighted by Gasteiger charge is 2.62. The molecule has 5 atom stereocenters. The van der Waals surface area contributed by atoms with Gasteiger partial charge in [0.2, 0.25) is 27.4 Å². The number of allylic oxidation sites excluding steroid dienone is 1. The summed E-state index contributed by atoms with van der Waals surface area (Å²) in [5.74, 6) is -1.84. The lowest BCUT2D eigenvalue weighted by molar-refractivity contribution is -0.141. The first-order valence-electron chi connectivity index (χ1n) is 23.0. The lowest BCUT2D eigenvalue weighted by atomic mass is 10.0. The fraction of sp³-hybridized carbons (Fsp3) is 0.532. The van der Waals surface area contributed by atoms with Crippen molar-refractivity contribution < 1.29 is 41.5 Å². The Kier molecular flexibility index (Phi) is 12.3. The van der Waals surface area contributed by atoms with Crippen molar-refractivity contribution in [1.82, 2.24) is 30.2 Å². The van der Waals surface area contributed by atoms with Gasteiger partial charge in [-0.3, -0.25) is 19.1 Å². The molecule has 1 saturated heterocycles. The Balaban J connectivity index is 1.05. The Bertz CT molecular complexity index is 2550. The number of fused-ring (bicyclic) bond motifs is 5. The number of para-hydroxylation sites is 1. The van der Waals surface area contributed by atoms with E-state index >= 15 is 0 Å². The maximum Gasteiger partial charge on any atom is 0.408 e. The highest BCUT2D eigenvalue weighted by Crippen LogP contribution is 2.46. The lowest BCUT2D eigenvalue weighted by Gasteiger charge is -2.30. The van der Waals surface area contributed by atoms with Crippen LogP contribution in [0.25, 0.3) is 33.5 Å². The number of anilines is 1. The minimum Gasteiger partial charge on any atom is -0.470 e. The largest absolute Gasteiger partial charge is 0.470 e. The minimum absolute atomic E-state index is 0.00494. The van der Waals surface area contributed by atoms with E-state index in [1.807, 2.05) is 60.7 Å². The summed E-state index contributed by atoms with van der Waals surface area (Å²) in [6.07, 6.45) is 9.87. The van der Waals surface area contributed by atoms with Crippen LogP contribution in [0.4, 0.5) is 10.5 Å². The number of nitrogens with zero attached hydrogens (tertiary/aromatic N) is 4. The number of carbonyl (C=O) groups excluding carboxylic acids is 4. The second-order valence-electron chi connectivity index (χ2n) is 17.9. The molecule has 17 heteroatoms. The van der Waals surface area contributed by atoms with Crippen LogP contribution >= 0.6 is 0 Å².